The number of hydrogen-bond donors (Lipinski definition) is 1. The molecule has 0 heterocycles. The molecule has 20 heavy (non-hydrogen) atoms. The second-order valence-corrected chi connectivity index (χ2v) is 4.50. The Morgan fingerprint density at radius 2 is 2.25 bits per heavy atom. The van der Waals surface area contributed by atoms with E-state index in [2.05, 4.69) is 0 Å². The fraction of sp³-hybridized carbons (Fsp3) is 0.462. The molecule has 0 aromatic heterocycles. The summed E-state index contributed by atoms with van der Waals surface area (Å²) in [7, 11) is 1.61. The molecule has 1 amide bonds. The molecule has 0 aliphatic heterocycles. The lowest BCUT2D eigenvalue weighted by Gasteiger charge is -2.18. The Hall–Kier alpha value is -2.15. The monoisotopic (exact) mass is 282 g/mol. The van der Waals surface area contributed by atoms with Crippen LogP contribution in [-0.4, -0.2) is 47.1 Å². The van der Waals surface area contributed by atoms with Crippen LogP contribution in [0.15, 0.2) is 24.3 Å². The molecule has 0 saturated carbocycles. The number of aliphatic hydroxyl groups excluding tert-OH is 1. The van der Waals surface area contributed by atoms with Gasteiger partial charge >= 0.3 is 0 Å². The Kier molecular flexibility index (Phi) is 5.92. The number of non-ortho nitro benzene ring substituents is 1. The predicted molar refractivity (Wildman–Crippen MR) is 72.5 cm³/mol. The fourth-order valence-electron chi connectivity index (χ4n) is 1.45. The number of nitrogens with zero attached hydrogens (tertiary/aromatic N) is 2. The zero-order valence-corrected chi connectivity index (χ0v) is 11.5. The minimum absolute atomic E-state index is 0.0857. The van der Waals surface area contributed by atoms with Crippen LogP contribution in [-0.2, 0) is 4.79 Å². The van der Waals surface area contributed by atoms with Gasteiger partial charge in [0.15, 0.2) is 6.61 Å². The van der Waals surface area contributed by atoms with Crippen molar-refractivity contribution in [1.82, 2.24) is 4.90 Å². The highest BCUT2D eigenvalue weighted by Crippen LogP contribution is 2.18. The van der Waals surface area contributed by atoms with Gasteiger partial charge in [0.1, 0.15) is 5.75 Å². The van der Waals surface area contributed by atoms with E-state index in [0.717, 1.165) is 0 Å². The summed E-state index contributed by atoms with van der Waals surface area (Å²) in [4.78, 5) is 23.3. The molecule has 1 aromatic rings. The molecule has 110 valence electrons. The van der Waals surface area contributed by atoms with E-state index in [1.165, 1.54) is 23.1 Å². The highest BCUT2D eigenvalue weighted by Gasteiger charge is 2.12. The van der Waals surface area contributed by atoms with Crippen LogP contribution in [0.3, 0.4) is 0 Å². The van der Waals surface area contributed by atoms with Crippen LogP contribution in [0.2, 0.25) is 0 Å². The fourth-order valence-corrected chi connectivity index (χ4v) is 1.45. The average Bonchev–Trinajstić information content (AvgIpc) is 2.42. The van der Waals surface area contributed by atoms with Crippen LogP contribution in [0.4, 0.5) is 5.69 Å². The average molecular weight is 282 g/mol. The summed E-state index contributed by atoms with van der Waals surface area (Å²) in [5, 5.41) is 19.7. The SMILES string of the molecule is CC(O)CCN(C)C(=O)COc1cccc([N+](=O)[O-])c1. The van der Waals surface area contributed by atoms with Crippen LogP contribution in [0.5, 0.6) is 5.75 Å². The minimum Gasteiger partial charge on any atom is -0.484 e. The summed E-state index contributed by atoms with van der Waals surface area (Å²) in [6, 6.07) is 5.66. The highest BCUT2D eigenvalue weighted by atomic mass is 16.6. The number of aliphatic hydroxyl groups is 1. The van der Waals surface area contributed by atoms with E-state index in [1.54, 1.807) is 20.0 Å². The van der Waals surface area contributed by atoms with Gasteiger partial charge in [-0.2, -0.15) is 0 Å². The van der Waals surface area contributed by atoms with Gasteiger partial charge in [0.2, 0.25) is 0 Å². The van der Waals surface area contributed by atoms with E-state index < -0.39 is 11.0 Å². The summed E-state index contributed by atoms with van der Waals surface area (Å²) in [5.41, 5.74) is -0.0857. The smallest absolute Gasteiger partial charge is 0.273 e. The van der Waals surface area contributed by atoms with Gasteiger partial charge in [-0.15, -0.1) is 0 Å². The van der Waals surface area contributed by atoms with E-state index in [9.17, 15) is 14.9 Å². The van der Waals surface area contributed by atoms with Gasteiger partial charge in [0, 0.05) is 19.7 Å². The third-order valence-electron chi connectivity index (χ3n) is 2.70. The lowest BCUT2D eigenvalue weighted by molar-refractivity contribution is -0.384. The van der Waals surface area contributed by atoms with Crippen LogP contribution in [0.25, 0.3) is 0 Å². The van der Waals surface area contributed by atoms with E-state index in [1.807, 2.05) is 0 Å². The topological polar surface area (TPSA) is 92.9 Å². The summed E-state index contributed by atoms with van der Waals surface area (Å²) in [6.07, 6.45) is 0.0157. The molecule has 0 spiro atoms. The maximum atomic E-state index is 11.7. The first-order valence-corrected chi connectivity index (χ1v) is 6.19. The lowest BCUT2D eigenvalue weighted by atomic mass is 10.3. The van der Waals surface area contributed by atoms with Crippen molar-refractivity contribution in [2.75, 3.05) is 20.2 Å². The summed E-state index contributed by atoms with van der Waals surface area (Å²) in [5.74, 6) is 0.0219. The normalized spacial score (nSPS) is 11.8. The number of carbonyl (C=O) groups is 1. The molecule has 0 radical (unpaired) electrons. The van der Waals surface area contributed by atoms with Crippen LogP contribution < -0.4 is 4.74 Å². The third-order valence-corrected chi connectivity index (χ3v) is 2.70. The maximum absolute atomic E-state index is 11.7. The predicted octanol–water partition coefficient (Wildman–Crippen LogP) is 1.20. The Labute approximate surface area is 116 Å². The standard InChI is InChI=1S/C13H18N2O5/c1-10(16)6-7-14(2)13(17)9-20-12-5-3-4-11(8-12)15(18)19/h3-5,8,10,16H,6-7,9H2,1-2H3. The molecule has 1 unspecified atom stereocenters. The first kappa shape index (κ1) is 15.9. The number of carbonyl (C=O) groups excluding carboxylic acids is 1. The number of likely N-dealkylation sites (N-methyl/N-ethyl adjacent to an activating group) is 1. The first-order chi connectivity index (χ1) is 9.40. The molecular formula is C13H18N2O5. The molecule has 0 bridgehead atoms. The van der Waals surface area contributed by atoms with Crippen molar-refractivity contribution >= 4 is 11.6 Å². The molecule has 1 N–H and O–H groups in total. The molecule has 0 aliphatic carbocycles. The van der Waals surface area contributed by atoms with Crippen molar-refractivity contribution in [2.45, 2.75) is 19.4 Å². The number of rotatable bonds is 7. The van der Waals surface area contributed by atoms with Gasteiger partial charge < -0.3 is 14.7 Å². The Bertz CT molecular complexity index is 476. The molecule has 1 aromatic carbocycles. The third kappa shape index (κ3) is 5.23. The van der Waals surface area contributed by atoms with Gasteiger partial charge in [-0.05, 0) is 19.4 Å². The quantitative estimate of drug-likeness (QED) is 0.599. The number of amides is 1. The van der Waals surface area contributed by atoms with Gasteiger partial charge in [0.05, 0.1) is 17.1 Å². The number of hydrogen-bond acceptors (Lipinski definition) is 5. The summed E-state index contributed by atoms with van der Waals surface area (Å²) < 4.78 is 5.23. The van der Waals surface area contributed by atoms with Crippen molar-refractivity contribution < 1.29 is 19.6 Å². The van der Waals surface area contributed by atoms with Crippen molar-refractivity contribution in [1.29, 1.82) is 0 Å². The minimum atomic E-state index is -0.524. The van der Waals surface area contributed by atoms with Crippen LogP contribution >= 0.6 is 0 Å². The zero-order valence-electron chi connectivity index (χ0n) is 11.5. The van der Waals surface area contributed by atoms with Crippen LogP contribution in [0.1, 0.15) is 13.3 Å². The number of ether oxygens (including phenoxy) is 1. The Morgan fingerprint density at radius 1 is 1.55 bits per heavy atom. The van der Waals surface area contributed by atoms with E-state index >= 15 is 0 Å². The molecule has 1 rings (SSSR count). The van der Waals surface area contributed by atoms with Gasteiger partial charge in [-0.25, -0.2) is 0 Å². The van der Waals surface area contributed by atoms with Crippen LogP contribution in [0, 0.1) is 10.1 Å². The Morgan fingerprint density at radius 3 is 2.85 bits per heavy atom. The van der Waals surface area contributed by atoms with Crippen molar-refractivity contribution in [2.24, 2.45) is 0 Å². The maximum Gasteiger partial charge on any atom is 0.273 e. The number of nitro groups is 1. The lowest BCUT2D eigenvalue weighted by Crippen LogP contribution is -2.33. The second-order valence-electron chi connectivity index (χ2n) is 4.50. The molecular weight excluding hydrogens is 264 g/mol. The Balaban J connectivity index is 2.48. The molecule has 0 aliphatic rings. The molecule has 7 nitrogen and oxygen atoms in total. The molecule has 0 saturated heterocycles. The van der Waals surface area contributed by atoms with E-state index in [4.69, 9.17) is 9.84 Å². The van der Waals surface area contributed by atoms with Crippen molar-refractivity contribution in [3.63, 3.8) is 0 Å². The molecule has 0 fully saturated rings. The highest BCUT2D eigenvalue weighted by molar-refractivity contribution is 5.77. The second kappa shape index (κ2) is 7.44. The summed E-state index contributed by atoms with van der Waals surface area (Å²) >= 11 is 0. The van der Waals surface area contributed by atoms with Gasteiger partial charge in [-0.3, -0.25) is 14.9 Å². The largest absolute Gasteiger partial charge is 0.484 e. The number of nitro benzene ring substituents is 1. The van der Waals surface area contributed by atoms with Crippen molar-refractivity contribution in [3.8, 4) is 5.75 Å². The van der Waals surface area contributed by atoms with Gasteiger partial charge in [-0.1, -0.05) is 6.07 Å². The van der Waals surface area contributed by atoms with Crippen molar-refractivity contribution in [3.05, 3.63) is 34.4 Å². The number of benzene rings is 1. The molecule has 1 atom stereocenters. The zero-order chi connectivity index (χ0) is 15.1. The van der Waals surface area contributed by atoms with E-state index in [-0.39, 0.29) is 24.0 Å². The first-order valence-electron chi connectivity index (χ1n) is 6.19. The van der Waals surface area contributed by atoms with Gasteiger partial charge in [0.25, 0.3) is 11.6 Å². The molecule has 7 heteroatoms. The summed E-state index contributed by atoms with van der Waals surface area (Å²) in [6.45, 7) is 1.88. The van der Waals surface area contributed by atoms with E-state index in [0.29, 0.717) is 13.0 Å².